The van der Waals surface area contributed by atoms with Crippen LogP contribution in [0.5, 0.6) is 0 Å². The van der Waals surface area contributed by atoms with E-state index in [1.54, 1.807) is 20.8 Å². The van der Waals surface area contributed by atoms with Crippen LogP contribution in [-0.4, -0.2) is 16.7 Å². The Morgan fingerprint density at radius 1 is 1.50 bits per heavy atom. The molecule has 1 atom stereocenters. The molecule has 0 aromatic carbocycles. The lowest BCUT2D eigenvalue weighted by Gasteiger charge is -2.20. The van der Waals surface area contributed by atoms with Gasteiger partial charge in [0.1, 0.15) is 0 Å². The van der Waals surface area contributed by atoms with Gasteiger partial charge in [0.15, 0.2) is 0 Å². The van der Waals surface area contributed by atoms with E-state index in [-0.39, 0.29) is 12.2 Å². The largest absolute Gasteiger partial charge is 0.389 e. The minimum absolute atomic E-state index is 0. The Morgan fingerprint density at radius 3 is 1.62 bits per heavy atom. The summed E-state index contributed by atoms with van der Waals surface area (Å²) < 4.78 is 0. The van der Waals surface area contributed by atoms with Gasteiger partial charge in [-0.1, -0.05) is 0 Å². The minimum Gasteiger partial charge on any atom is -0.389 e. The van der Waals surface area contributed by atoms with Crippen LogP contribution in [0.2, 0.25) is 0 Å². The molecule has 0 bridgehead atoms. The molecule has 0 heterocycles. The molecule has 0 amide bonds. The van der Waals surface area contributed by atoms with E-state index in [4.69, 9.17) is 10.8 Å². The highest BCUT2D eigenvalue weighted by atomic mass is 16.3. The SMILES string of the molecule is C[C@H](N)C(C)(C)O.N. The Morgan fingerprint density at radius 2 is 1.62 bits per heavy atom. The van der Waals surface area contributed by atoms with Crippen molar-refractivity contribution >= 4 is 0 Å². The van der Waals surface area contributed by atoms with Crippen LogP contribution < -0.4 is 11.9 Å². The summed E-state index contributed by atoms with van der Waals surface area (Å²) in [5.74, 6) is 0. The molecule has 52 valence electrons. The van der Waals surface area contributed by atoms with E-state index in [1.807, 2.05) is 0 Å². The van der Waals surface area contributed by atoms with Crippen molar-refractivity contribution in [1.82, 2.24) is 6.15 Å². The maximum Gasteiger partial charge on any atom is 0.0739 e. The van der Waals surface area contributed by atoms with Crippen LogP contribution in [0.15, 0.2) is 0 Å². The van der Waals surface area contributed by atoms with Gasteiger partial charge in [-0.3, -0.25) is 0 Å². The summed E-state index contributed by atoms with van der Waals surface area (Å²) in [6.07, 6.45) is 0. The normalized spacial score (nSPS) is 14.6. The van der Waals surface area contributed by atoms with Crippen LogP contribution in [0.4, 0.5) is 0 Å². The topological polar surface area (TPSA) is 81.2 Å². The number of hydrogen-bond donors (Lipinski definition) is 3. The molecule has 0 saturated carbocycles. The minimum atomic E-state index is -0.722. The second-order valence-electron chi connectivity index (χ2n) is 2.44. The van der Waals surface area contributed by atoms with Crippen molar-refractivity contribution in [2.75, 3.05) is 0 Å². The fourth-order valence-electron chi connectivity index (χ4n) is 0. The van der Waals surface area contributed by atoms with Crippen molar-refractivity contribution in [3.63, 3.8) is 0 Å². The van der Waals surface area contributed by atoms with Gasteiger partial charge in [-0.05, 0) is 20.8 Å². The zero-order valence-corrected chi connectivity index (χ0v) is 5.81. The van der Waals surface area contributed by atoms with Gasteiger partial charge in [-0.15, -0.1) is 0 Å². The lowest BCUT2D eigenvalue weighted by atomic mass is 10.0. The van der Waals surface area contributed by atoms with Crippen molar-refractivity contribution in [1.29, 1.82) is 0 Å². The summed E-state index contributed by atoms with van der Waals surface area (Å²) >= 11 is 0. The molecule has 0 aromatic rings. The second-order valence-corrected chi connectivity index (χ2v) is 2.44. The smallest absolute Gasteiger partial charge is 0.0739 e. The van der Waals surface area contributed by atoms with Gasteiger partial charge in [-0.2, -0.15) is 0 Å². The van der Waals surface area contributed by atoms with Gasteiger partial charge in [0.05, 0.1) is 5.60 Å². The molecule has 0 aliphatic rings. The predicted molar refractivity (Wildman–Crippen MR) is 35.0 cm³/mol. The van der Waals surface area contributed by atoms with Gasteiger partial charge in [0, 0.05) is 6.04 Å². The van der Waals surface area contributed by atoms with Crippen molar-refractivity contribution in [3.8, 4) is 0 Å². The molecule has 0 spiro atoms. The Balaban J connectivity index is 0. The van der Waals surface area contributed by atoms with Crippen molar-refractivity contribution in [3.05, 3.63) is 0 Å². The number of aliphatic hydroxyl groups is 1. The van der Waals surface area contributed by atoms with E-state index in [9.17, 15) is 0 Å². The molecule has 3 nitrogen and oxygen atoms in total. The van der Waals surface area contributed by atoms with Gasteiger partial charge in [-0.25, -0.2) is 0 Å². The Kier molecular flexibility index (Phi) is 4.07. The van der Waals surface area contributed by atoms with Crippen LogP contribution in [0.3, 0.4) is 0 Å². The van der Waals surface area contributed by atoms with Crippen LogP contribution in [-0.2, 0) is 0 Å². The molecule has 0 radical (unpaired) electrons. The van der Waals surface area contributed by atoms with Crippen LogP contribution in [0, 0.1) is 0 Å². The maximum absolute atomic E-state index is 8.97. The van der Waals surface area contributed by atoms with E-state index >= 15 is 0 Å². The summed E-state index contributed by atoms with van der Waals surface area (Å²) in [5.41, 5.74) is 4.60. The summed E-state index contributed by atoms with van der Waals surface area (Å²) in [6, 6.07) is -0.146. The lowest BCUT2D eigenvalue weighted by Crippen LogP contribution is -2.40. The molecule has 3 heteroatoms. The van der Waals surface area contributed by atoms with E-state index < -0.39 is 5.60 Å². The number of rotatable bonds is 1. The standard InChI is InChI=1S/C5H13NO.H3N/c1-4(6)5(2,3)7;/h4,7H,6H2,1-3H3;1H3/t4-;/m0./s1. The Hall–Kier alpha value is -0.120. The van der Waals surface area contributed by atoms with Crippen LogP contribution >= 0.6 is 0 Å². The molecular formula is C5H16N2O. The predicted octanol–water partition coefficient (Wildman–Crippen LogP) is 0.266. The quantitative estimate of drug-likeness (QED) is 0.464. The van der Waals surface area contributed by atoms with E-state index in [1.165, 1.54) is 0 Å². The molecule has 0 saturated heterocycles. The highest BCUT2D eigenvalue weighted by Gasteiger charge is 2.16. The molecule has 0 rings (SSSR count). The van der Waals surface area contributed by atoms with Gasteiger partial charge >= 0.3 is 0 Å². The van der Waals surface area contributed by atoms with Crippen molar-refractivity contribution in [2.45, 2.75) is 32.4 Å². The second kappa shape index (κ2) is 3.02. The molecule has 0 aliphatic heterocycles. The highest BCUT2D eigenvalue weighted by Crippen LogP contribution is 2.03. The molecule has 8 heavy (non-hydrogen) atoms. The summed E-state index contributed by atoms with van der Waals surface area (Å²) in [6.45, 7) is 5.16. The summed E-state index contributed by atoms with van der Waals surface area (Å²) in [4.78, 5) is 0. The maximum atomic E-state index is 8.97. The van der Waals surface area contributed by atoms with Crippen LogP contribution in [0.25, 0.3) is 0 Å². The first kappa shape index (κ1) is 10.8. The van der Waals surface area contributed by atoms with Crippen molar-refractivity contribution in [2.24, 2.45) is 5.73 Å². The van der Waals surface area contributed by atoms with Crippen LogP contribution in [0.1, 0.15) is 20.8 Å². The molecule has 0 fully saturated rings. The first-order valence-corrected chi connectivity index (χ1v) is 2.42. The van der Waals surface area contributed by atoms with E-state index in [0.29, 0.717) is 0 Å². The fraction of sp³-hybridized carbons (Fsp3) is 1.00. The third-order valence-electron chi connectivity index (χ3n) is 1.11. The van der Waals surface area contributed by atoms with Gasteiger partial charge < -0.3 is 17.0 Å². The van der Waals surface area contributed by atoms with Gasteiger partial charge in [0.2, 0.25) is 0 Å². The molecule has 0 aromatic heterocycles. The van der Waals surface area contributed by atoms with E-state index in [2.05, 4.69) is 0 Å². The van der Waals surface area contributed by atoms with Gasteiger partial charge in [0.25, 0.3) is 0 Å². The average molecular weight is 120 g/mol. The summed E-state index contributed by atoms with van der Waals surface area (Å²) in [5, 5.41) is 8.97. The number of hydrogen-bond acceptors (Lipinski definition) is 3. The monoisotopic (exact) mass is 120 g/mol. The first-order chi connectivity index (χ1) is 2.94. The average Bonchev–Trinajstić information content (AvgIpc) is 1.31. The zero-order valence-electron chi connectivity index (χ0n) is 5.81. The molecule has 0 unspecified atom stereocenters. The molecule has 6 N–H and O–H groups in total. The first-order valence-electron chi connectivity index (χ1n) is 2.42. The Bertz CT molecular complexity index is 55.9. The Labute approximate surface area is 50.5 Å². The third kappa shape index (κ3) is 4.05. The fourth-order valence-corrected chi connectivity index (χ4v) is 0. The zero-order chi connectivity index (χ0) is 6.08. The summed E-state index contributed by atoms with van der Waals surface area (Å²) in [7, 11) is 0. The highest BCUT2D eigenvalue weighted by molar-refractivity contribution is 4.74. The molecular weight excluding hydrogens is 104 g/mol. The third-order valence-corrected chi connectivity index (χ3v) is 1.11. The number of nitrogens with two attached hydrogens (primary N) is 1. The van der Waals surface area contributed by atoms with Crippen molar-refractivity contribution < 1.29 is 5.11 Å². The molecule has 0 aliphatic carbocycles. The van der Waals surface area contributed by atoms with E-state index in [0.717, 1.165) is 0 Å². The lowest BCUT2D eigenvalue weighted by molar-refractivity contribution is 0.0582.